The van der Waals surface area contributed by atoms with E-state index in [0.29, 0.717) is 0 Å². The van der Waals surface area contributed by atoms with Gasteiger partial charge in [-0.2, -0.15) is 0 Å². The summed E-state index contributed by atoms with van der Waals surface area (Å²) in [5, 5.41) is 11.4. The van der Waals surface area contributed by atoms with Crippen molar-refractivity contribution >= 4 is 11.7 Å². The molecule has 18 heavy (non-hydrogen) atoms. The van der Waals surface area contributed by atoms with Crippen LogP contribution in [0.25, 0.3) is 11.1 Å². The quantitative estimate of drug-likeness (QED) is 0.804. The SMILES string of the molecule is O=C(O)/C=C/Nc1ccc(-c2ccccc2)cc1. The molecule has 0 aliphatic heterocycles. The van der Waals surface area contributed by atoms with Crippen LogP contribution in [0, 0.1) is 0 Å². The zero-order chi connectivity index (χ0) is 12.8. The maximum atomic E-state index is 10.3. The van der Waals surface area contributed by atoms with Crippen LogP contribution in [0.2, 0.25) is 0 Å². The third-order valence-corrected chi connectivity index (χ3v) is 2.47. The highest BCUT2D eigenvalue weighted by atomic mass is 16.4. The highest BCUT2D eigenvalue weighted by molar-refractivity contribution is 5.80. The standard InChI is InChI=1S/C15H13NO2/c17-15(18)10-11-16-14-8-6-13(7-9-14)12-4-2-1-3-5-12/h1-11,16H,(H,17,18)/b11-10+. The molecular weight excluding hydrogens is 226 g/mol. The molecule has 0 aliphatic rings. The number of hydrogen-bond acceptors (Lipinski definition) is 2. The zero-order valence-corrected chi connectivity index (χ0v) is 9.71. The summed E-state index contributed by atoms with van der Waals surface area (Å²) < 4.78 is 0. The van der Waals surface area contributed by atoms with E-state index in [0.717, 1.165) is 22.9 Å². The van der Waals surface area contributed by atoms with Crippen molar-refractivity contribution in [2.75, 3.05) is 5.32 Å². The highest BCUT2D eigenvalue weighted by Gasteiger charge is 1.96. The summed E-state index contributed by atoms with van der Waals surface area (Å²) in [6, 6.07) is 17.9. The Morgan fingerprint density at radius 1 is 0.944 bits per heavy atom. The molecule has 0 heterocycles. The van der Waals surface area contributed by atoms with E-state index in [1.54, 1.807) is 0 Å². The summed E-state index contributed by atoms with van der Waals surface area (Å²) in [5.74, 6) is -0.969. The van der Waals surface area contributed by atoms with E-state index in [1.165, 1.54) is 6.20 Å². The average molecular weight is 239 g/mol. The number of rotatable bonds is 4. The third-order valence-electron chi connectivity index (χ3n) is 2.47. The summed E-state index contributed by atoms with van der Waals surface area (Å²) in [6.45, 7) is 0. The summed E-state index contributed by atoms with van der Waals surface area (Å²) in [4.78, 5) is 10.3. The number of hydrogen-bond donors (Lipinski definition) is 2. The smallest absolute Gasteiger partial charge is 0.329 e. The normalized spacial score (nSPS) is 10.4. The lowest BCUT2D eigenvalue weighted by molar-refractivity contribution is -0.131. The molecule has 90 valence electrons. The second-order valence-electron chi connectivity index (χ2n) is 3.76. The number of anilines is 1. The Hall–Kier alpha value is -2.55. The van der Waals surface area contributed by atoms with Crippen molar-refractivity contribution in [2.45, 2.75) is 0 Å². The lowest BCUT2D eigenvalue weighted by Crippen LogP contribution is -1.92. The monoisotopic (exact) mass is 239 g/mol. The van der Waals surface area contributed by atoms with Gasteiger partial charge in [0.15, 0.2) is 0 Å². The second kappa shape index (κ2) is 5.68. The molecule has 0 atom stereocenters. The van der Waals surface area contributed by atoms with E-state index in [4.69, 9.17) is 5.11 Å². The van der Waals surface area contributed by atoms with Crippen LogP contribution in [0.1, 0.15) is 0 Å². The molecule has 0 radical (unpaired) electrons. The van der Waals surface area contributed by atoms with Gasteiger partial charge in [0.25, 0.3) is 0 Å². The number of aliphatic carboxylic acids is 1. The van der Waals surface area contributed by atoms with Gasteiger partial charge in [-0.25, -0.2) is 4.79 Å². The number of carboxylic acid groups (broad SMARTS) is 1. The zero-order valence-electron chi connectivity index (χ0n) is 9.71. The van der Waals surface area contributed by atoms with Crippen LogP contribution in [0.15, 0.2) is 66.9 Å². The molecule has 2 rings (SSSR count). The van der Waals surface area contributed by atoms with E-state index in [9.17, 15) is 4.79 Å². The number of carboxylic acids is 1. The van der Waals surface area contributed by atoms with Crippen LogP contribution >= 0.6 is 0 Å². The van der Waals surface area contributed by atoms with Crippen LogP contribution in [-0.4, -0.2) is 11.1 Å². The molecule has 0 amide bonds. The van der Waals surface area contributed by atoms with E-state index < -0.39 is 5.97 Å². The van der Waals surface area contributed by atoms with Crippen LogP contribution in [-0.2, 0) is 4.79 Å². The minimum atomic E-state index is -0.969. The molecule has 0 fully saturated rings. The van der Waals surface area contributed by atoms with Crippen molar-refractivity contribution < 1.29 is 9.90 Å². The van der Waals surface area contributed by atoms with Gasteiger partial charge in [0.05, 0.1) is 0 Å². The van der Waals surface area contributed by atoms with Crippen molar-refractivity contribution in [1.29, 1.82) is 0 Å². The van der Waals surface area contributed by atoms with Gasteiger partial charge in [0, 0.05) is 18.0 Å². The maximum absolute atomic E-state index is 10.3. The molecule has 3 heteroatoms. The van der Waals surface area contributed by atoms with Gasteiger partial charge in [0.2, 0.25) is 0 Å². The molecule has 0 saturated heterocycles. The number of carbonyl (C=O) groups is 1. The first-order chi connectivity index (χ1) is 8.75. The molecule has 0 aromatic heterocycles. The molecule has 0 bridgehead atoms. The fourth-order valence-electron chi connectivity index (χ4n) is 1.60. The van der Waals surface area contributed by atoms with Crippen LogP contribution in [0.3, 0.4) is 0 Å². The Balaban J connectivity index is 2.09. The molecule has 0 aliphatic carbocycles. The molecule has 0 spiro atoms. The second-order valence-corrected chi connectivity index (χ2v) is 3.76. The minimum Gasteiger partial charge on any atom is -0.478 e. The fourth-order valence-corrected chi connectivity index (χ4v) is 1.60. The fraction of sp³-hybridized carbons (Fsp3) is 0. The van der Waals surface area contributed by atoms with Crippen LogP contribution in [0.4, 0.5) is 5.69 Å². The van der Waals surface area contributed by atoms with Crippen molar-refractivity contribution in [2.24, 2.45) is 0 Å². The summed E-state index contributed by atoms with van der Waals surface area (Å²) in [6.07, 6.45) is 2.46. The van der Waals surface area contributed by atoms with Crippen molar-refractivity contribution in [1.82, 2.24) is 0 Å². The Kier molecular flexibility index (Phi) is 3.76. The van der Waals surface area contributed by atoms with Gasteiger partial charge < -0.3 is 10.4 Å². The highest BCUT2D eigenvalue weighted by Crippen LogP contribution is 2.20. The molecule has 0 saturated carbocycles. The molecule has 2 N–H and O–H groups in total. The van der Waals surface area contributed by atoms with Crippen LogP contribution < -0.4 is 5.32 Å². The first-order valence-electron chi connectivity index (χ1n) is 5.57. The van der Waals surface area contributed by atoms with Gasteiger partial charge in [-0.1, -0.05) is 42.5 Å². The number of nitrogens with one attached hydrogen (secondary N) is 1. The van der Waals surface area contributed by atoms with Gasteiger partial charge in [0.1, 0.15) is 0 Å². The Morgan fingerprint density at radius 3 is 2.17 bits per heavy atom. The first kappa shape index (κ1) is 11.9. The summed E-state index contributed by atoms with van der Waals surface area (Å²) >= 11 is 0. The molecular formula is C15H13NO2. The van der Waals surface area contributed by atoms with E-state index in [1.807, 2.05) is 54.6 Å². The summed E-state index contributed by atoms with van der Waals surface area (Å²) in [5.41, 5.74) is 3.14. The number of benzene rings is 2. The lowest BCUT2D eigenvalue weighted by atomic mass is 10.1. The topological polar surface area (TPSA) is 49.3 Å². The van der Waals surface area contributed by atoms with E-state index >= 15 is 0 Å². The Labute approximate surface area is 105 Å². The van der Waals surface area contributed by atoms with E-state index in [-0.39, 0.29) is 0 Å². The maximum Gasteiger partial charge on any atom is 0.329 e. The van der Waals surface area contributed by atoms with Crippen LogP contribution in [0.5, 0.6) is 0 Å². The van der Waals surface area contributed by atoms with Crippen molar-refractivity contribution in [3.8, 4) is 11.1 Å². The molecule has 2 aromatic carbocycles. The van der Waals surface area contributed by atoms with Crippen molar-refractivity contribution in [3.05, 3.63) is 66.9 Å². The average Bonchev–Trinajstić information content (AvgIpc) is 2.40. The predicted octanol–water partition coefficient (Wildman–Crippen LogP) is 3.36. The van der Waals surface area contributed by atoms with Gasteiger partial charge in [-0.05, 0) is 23.3 Å². The Morgan fingerprint density at radius 2 is 1.56 bits per heavy atom. The molecule has 3 nitrogen and oxygen atoms in total. The largest absolute Gasteiger partial charge is 0.478 e. The Bertz CT molecular complexity index is 544. The molecule has 0 unspecified atom stereocenters. The van der Waals surface area contributed by atoms with Gasteiger partial charge >= 0.3 is 5.97 Å². The minimum absolute atomic E-state index is 0.854. The predicted molar refractivity (Wildman–Crippen MR) is 72.3 cm³/mol. The summed E-state index contributed by atoms with van der Waals surface area (Å²) in [7, 11) is 0. The lowest BCUT2D eigenvalue weighted by Gasteiger charge is -2.04. The van der Waals surface area contributed by atoms with Gasteiger partial charge in [-0.15, -0.1) is 0 Å². The van der Waals surface area contributed by atoms with Gasteiger partial charge in [-0.3, -0.25) is 0 Å². The van der Waals surface area contributed by atoms with Crippen molar-refractivity contribution in [3.63, 3.8) is 0 Å². The first-order valence-corrected chi connectivity index (χ1v) is 5.57. The third kappa shape index (κ3) is 3.22. The molecule has 2 aromatic rings. The van der Waals surface area contributed by atoms with E-state index in [2.05, 4.69) is 5.32 Å².